The lowest BCUT2D eigenvalue weighted by Gasteiger charge is -2.27. The second-order valence-corrected chi connectivity index (χ2v) is 6.46. The third-order valence-electron chi connectivity index (χ3n) is 5.19. The maximum Gasteiger partial charge on any atom is 0.0113 e. The molecule has 5 atom stereocenters. The molecular formula is C15H28N2. The number of hydrogen-bond acceptors (Lipinski definition) is 2. The first-order valence-corrected chi connectivity index (χ1v) is 7.88. The van der Waals surface area contributed by atoms with Gasteiger partial charge in [0.25, 0.3) is 0 Å². The van der Waals surface area contributed by atoms with Crippen LogP contribution >= 0.6 is 0 Å². The van der Waals surface area contributed by atoms with Crippen LogP contribution in [0.25, 0.3) is 0 Å². The Labute approximate surface area is 106 Å². The molecule has 2 aliphatic carbocycles. The fraction of sp³-hybridized carbons (Fsp3) is 1.00. The van der Waals surface area contributed by atoms with Gasteiger partial charge in [0.15, 0.2) is 0 Å². The maximum absolute atomic E-state index is 3.97. The van der Waals surface area contributed by atoms with Gasteiger partial charge >= 0.3 is 0 Å². The lowest BCUT2D eigenvalue weighted by molar-refractivity contribution is 0.315. The van der Waals surface area contributed by atoms with Crippen molar-refractivity contribution in [3.05, 3.63) is 0 Å². The molecule has 2 saturated carbocycles. The van der Waals surface area contributed by atoms with E-state index < -0.39 is 0 Å². The standard InChI is InChI=1S/C15H28N2/c1-2-5-11-10-15(11)17-14-7-3-6-12(14)13-8-4-9-16-13/h11-17H,2-10H2,1H3. The van der Waals surface area contributed by atoms with Crippen molar-refractivity contribution in [3.8, 4) is 0 Å². The summed E-state index contributed by atoms with van der Waals surface area (Å²) >= 11 is 0. The Kier molecular flexibility index (Phi) is 3.72. The van der Waals surface area contributed by atoms with E-state index in [1.165, 1.54) is 57.9 Å². The van der Waals surface area contributed by atoms with E-state index in [1.54, 1.807) is 0 Å². The molecule has 17 heavy (non-hydrogen) atoms. The van der Waals surface area contributed by atoms with Crippen LogP contribution in [0.4, 0.5) is 0 Å². The first-order valence-electron chi connectivity index (χ1n) is 7.88. The van der Waals surface area contributed by atoms with Crippen molar-refractivity contribution < 1.29 is 0 Å². The minimum atomic E-state index is 0.831. The highest BCUT2D eigenvalue weighted by Gasteiger charge is 2.41. The Morgan fingerprint density at radius 3 is 2.82 bits per heavy atom. The molecule has 98 valence electrons. The molecule has 3 rings (SSSR count). The second-order valence-electron chi connectivity index (χ2n) is 6.46. The normalized spacial score (nSPS) is 45.4. The zero-order valence-corrected chi connectivity index (χ0v) is 11.3. The molecule has 0 bridgehead atoms. The van der Waals surface area contributed by atoms with Crippen LogP contribution < -0.4 is 10.6 Å². The van der Waals surface area contributed by atoms with Crippen molar-refractivity contribution >= 4 is 0 Å². The average molecular weight is 236 g/mol. The summed E-state index contributed by atoms with van der Waals surface area (Å²) in [7, 11) is 0. The molecule has 0 amide bonds. The van der Waals surface area contributed by atoms with Crippen molar-refractivity contribution in [2.45, 2.75) is 76.4 Å². The molecule has 0 radical (unpaired) electrons. The zero-order chi connectivity index (χ0) is 11.7. The van der Waals surface area contributed by atoms with E-state index in [-0.39, 0.29) is 0 Å². The Morgan fingerprint density at radius 1 is 1.12 bits per heavy atom. The van der Waals surface area contributed by atoms with Gasteiger partial charge in [0, 0.05) is 18.1 Å². The summed E-state index contributed by atoms with van der Waals surface area (Å²) in [5.41, 5.74) is 0. The Hall–Kier alpha value is -0.0800. The highest BCUT2D eigenvalue weighted by Crippen LogP contribution is 2.38. The van der Waals surface area contributed by atoms with Crippen LogP contribution in [0.15, 0.2) is 0 Å². The first kappa shape index (κ1) is 12.0. The predicted octanol–water partition coefficient (Wildman–Crippen LogP) is 2.69. The minimum absolute atomic E-state index is 0.831. The fourth-order valence-corrected chi connectivity index (χ4v) is 4.17. The van der Waals surface area contributed by atoms with Crippen LogP contribution in [0.5, 0.6) is 0 Å². The minimum Gasteiger partial charge on any atom is -0.314 e. The molecule has 2 N–H and O–H groups in total. The van der Waals surface area contributed by atoms with Crippen LogP contribution in [0.1, 0.15) is 58.3 Å². The summed E-state index contributed by atoms with van der Waals surface area (Å²) in [6.45, 7) is 3.58. The summed E-state index contributed by atoms with van der Waals surface area (Å²) in [4.78, 5) is 0. The monoisotopic (exact) mass is 236 g/mol. The van der Waals surface area contributed by atoms with E-state index >= 15 is 0 Å². The van der Waals surface area contributed by atoms with E-state index in [0.29, 0.717) is 0 Å². The van der Waals surface area contributed by atoms with Crippen molar-refractivity contribution in [3.63, 3.8) is 0 Å². The van der Waals surface area contributed by atoms with Crippen LogP contribution in [-0.2, 0) is 0 Å². The molecule has 2 nitrogen and oxygen atoms in total. The molecule has 1 aliphatic heterocycles. The van der Waals surface area contributed by atoms with E-state index in [4.69, 9.17) is 0 Å². The van der Waals surface area contributed by atoms with Crippen molar-refractivity contribution in [2.24, 2.45) is 11.8 Å². The molecule has 1 heterocycles. The fourth-order valence-electron chi connectivity index (χ4n) is 4.17. The summed E-state index contributed by atoms with van der Waals surface area (Å²) in [6.07, 6.45) is 11.4. The third-order valence-corrected chi connectivity index (χ3v) is 5.19. The quantitative estimate of drug-likeness (QED) is 0.767. The van der Waals surface area contributed by atoms with Crippen molar-refractivity contribution in [2.75, 3.05) is 6.54 Å². The molecule has 0 aromatic rings. The smallest absolute Gasteiger partial charge is 0.0113 e. The average Bonchev–Trinajstić information content (AvgIpc) is 2.76. The molecule has 5 unspecified atom stereocenters. The summed E-state index contributed by atoms with van der Waals surface area (Å²) in [6, 6.07) is 2.54. The second kappa shape index (κ2) is 5.27. The van der Waals surface area contributed by atoms with Gasteiger partial charge in [0.05, 0.1) is 0 Å². The molecule has 1 saturated heterocycles. The lowest BCUT2D eigenvalue weighted by atomic mass is 9.93. The molecule has 0 aromatic carbocycles. The summed E-state index contributed by atoms with van der Waals surface area (Å²) in [5.74, 6) is 1.94. The zero-order valence-electron chi connectivity index (χ0n) is 11.3. The highest BCUT2D eigenvalue weighted by molar-refractivity contribution is 5.00. The largest absolute Gasteiger partial charge is 0.314 e. The van der Waals surface area contributed by atoms with Crippen LogP contribution in [-0.4, -0.2) is 24.7 Å². The van der Waals surface area contributed by atoms with Gasteiger partial charge in [-0.05, 0) is 56.9 Å². The van der Waals surface area contributed by atoms with Crippen LogP contribution in [0.2, 0.25) is 0 Å². The molecule has 0 spiro atoms. The maximum atomic E-state index is 3.97. The van der Waals surface area contributed by atoms with Gasteiger partial charge in [-0.3, -0.25) is 0 Å². The molecule has 3 fully saturated rings. The van der Waals surface area contributed by atoms with Gasteiger partial charge in [-0.15, -0.1) is 0 Å². The highest BCUT2D eigenvalue weighted by atomic mass is 15.0. The van der Waals surface area contributed by atoms with E-state index in [1.807, 2.05) is 0 Å². The predicted molar refractivity (Wildman–Crippen MR) is 72.1 cm³/mol. The Morgan fingerprint density at radius 2 is 2.06 bits per heavy atom. The van der Waals surface area contributed by atoms with Gasteiger partial charge < -0.3 is 10.6 Å². The third kappa shape index (κ3) is 2.68. The summed E-state index contributed by atoms with van der Waals surface area (Å²) in [5, 5.41) is 7.69. The van der Waals surface area contributed by atoms with Gasteiger partial charge in [0.1, 0.15) is 0 Å². The van der Waals surface area contributed by atoms with E-state index in [2.05, 4.69) is 17.6 Å². The molecule has 3 aliphatic rings. The van der Waals surface area contributed by atoms with Gasteiger partial charge in [0.2, 0.25) is 0 Å². The van der Waals surface area contributed by atoms with Gasteiger partial charge in [-0.25, -0.2) is 0 Å². The number of hydrogen-bond donors (Lipinski definition) is 2. The molecule has 2 heteroatoms. The molecular weight excluding hydrogens is 208 g/mol. The van der Waals surface area contributed by atoms with Crippen molar-refractivity contribution in [1.82, 2.24) is 10.6 Å². The van der Waals surface area contributed by atoms with Gasteiger partial charge in [-0.2, -0.15) is 0 Å². The Bertz CT molecular complexity index is 247. The number of nitrogens with one attached hydrogen (secondary N) is 2. The van der Waals surface area contributed by atoms with Crippen molar-refractivity contribution in [1.29, 1.82) is 0 Å². The SMILES string of the molecule is CCCC1CC1NC1CCCC1C1CCCN1. The summed E-state index contributed by atoms with van der Waals surface area (Å²) < 4.78 is 0. The first-order chi connectivity index (χ1) is 8.38. The van der Waals surface area contributed by atoms with Crippen LogP contribution in [0.3, 0.4) is 0 Å². The Balaban J connectivity index is 1.49. The molecule has 0 aromatic heterocycles. The number of rotatable bonds is 5. The van der Waals surface area contributed by atoms with E-state index in [0.717, 1.165) is 30.0 Å². The van der Waals surface area contributed by atoms with Gasteiger partial charge in [-0.1, -0.05) is 19.8 Å². The van der Waals surface area contributed by atoms with Crippen LogP contribution in [0, 0.1) is 11.8 Å². The lowest BCUT2D eigenvalue weighted by Crippen LogP contribution is -2.43. The van der Waals surface area contributed by atoms with E-state index in [9.17, 15) is 0 Å². The topological polar surface area (TPSA) is 24.1 Å².